The average Bonchev–Trinajstić information content (AvgIpc) is 2.94. The Kier molecular flexibility index (Phi) is 3.50. The van der Waals surface area contributed by atoms with E-state index in [9.17, 15) is 9.59 Å². The van der Waals surface area contributed by atoms with Gasteiger partial charge < -0.3 is 15.3 Å². The Bertz CT molecular complexity index is 457. The number of urea groups is 1. The number of aliphatic carboxylic acids is 1. The van der Waals surface area contributed by atoms with Gasteiger partial charge in [-0.15, -0.1) is 0 Å². The van der Waals surface area contributed by atoms with Gasteiger partial charge in [-0.05, 0) is 18.9 Å². The molecular weight excluding hydrogens is 236 g/mol. The number of carbonyl (C=O) groups is 2. The van der Waals surface area contributed by atoms with Crippen LogP contribution in [0.4, 0.5) is 4.79 Å². The molecule has 7 nitrogen and oxygen atoms in total. The minimum Gasteiger partial charge on any atom is -0.480 e. The predicted octanol–water partition coefficient (Wildman–Crippen LogP) is 0.179. The first-order valence-electron chi connectivity index (χ1n) is 5.83. The molecule has 1 saturated heterocycles. The van der Waals surface area contributed by atoms with Crippen LogP contribution in [0.1, 0.15) is 18.5 Å². The van der Waals surface area contributed by atoms with Crippen LogP contribution in [0.15, 0.2) is 12.3 Å². The lowest BCUT2D eigenvalue weighted by atomic mass is 10.2. The van der Waals surface area contributed by atoms with Crippen LogP contribution in [-0.2, 0) is 18.4 Å². The van der Waals surface area contributed by atoms with Gasteiger partial charge in [-0.2, -0.15) is 5.10 Å². The zero-order valence-corrected chi connectivity index (χ0v) is 10.2. The Morgan fingerprint density at radius 2 is 2.39 bits per heavy atom. The molecule has 18 heavy (non-hydrogen) atoms. The fourth-order valence-electron chi connectivity index (χ4n) is 2.09. The summed E-state index contributed by atoms with van der Waals surface area (Å²) >= 11 is 0. The lowest BCUT2D eigenvalue weighted by Gasteiger charge is -2.21. The smallest absolute Gasteiger partial charge is 0.326 e. The van der Waals surface area contributed by atoms with Gasteiger partial charge in [-0.25, -0.2) is 9.59 Å². The van der Waals surface area contributed by atoms with Crippen molar-refractivity contribution in [1.29, 1.82) is 0 Å². The molecule has 2 N–H and O–H groups in total. The number of carboxylic acid groups (broad SMARTS) is 1. The third-order valence-corrected chi connectivity index (χ3v) is 2.99. The van der Waals surface area contributed by atoms with E-state index in [1.807, 2.05) is 0 Å². The number of nitrogens with one attached hydrogen (secondary N) is 1. The molecular formula is C11H16N4O3. The number of aromatic nitrogens is 2. The van der Waals surface area contributed by atoms with Gasteiger partial charge in [-0.1, -0.05) is 0 Å². The molecule has 1 fully saturated rings. The molecule has 0 spiro atoms. The summed E-state index contributed by atoms with van der Waals surface area (Å²) in [7, 11) is 1.80. The Balaban J connectivity index is 1.89. The number of carboxylic acids is 1. The summed E-state index contributed by atoms with van der Waals surface area (Å²) in [6.45, 7) is 0.799. The summed E-state index contributed by atoms with van der Waals surface area (Å²) in [6.07, 6.45) is 3.04. The highest BCUT2D eigenvalue weighted by Crippen LogP contribution is 2.17. The molecule has 1 aromatic rings. The molecule has 0 aliphatic carbocycles. The van der Waals surface area contributed by atoms with Crippen molar-refractivity contribution in [3.63, 3.8) is 0 Å². The van der Waals surface area contributed by atoms with Crippen LogP contribution in [0.2, 0.25) is 0 Å². The van der Waals surface area contributed by atoms with Crippen molar-refractivity contribution in [2.24, 2.45) is 7.05 Å². The molecule has 0 bridgehead atoms. The molecule has 0 saturated carbocycles. The standard InChI is InChI=1S/C11H16N4O3/c1-14-6-4-8(13-14)7-12-11(18)15-5-2-3-9(15)10(16)17/h4,6,9H,2-3,5,7H2,1H3,(H,12,18)(H,16,17)/t9-/m0/s1. The summed E-state index contributed by atoms with van der Waals surface area (Å²) in [5, 5.41) is 15.8. The Labute approximate surface area is 104 Å². The van der Waals surface area contributed by atoms with E-state index >= 15 is 0 Å². The van der Waals surface area contributed by atoms with Gasteiger partial charge in [0.2, 0.25) is 0 Å². The van der Waals surface area contributed by atoms with Gasteiger partial charge >= 0.3 is 12.0 Å². The second-order valence-electron chi connectivity index (χ2n) is 4.33. The maximum atomic E-state index is 11.9. The molecule has 0 radical (unpaired) electrons. The molecule has 0 unspecified atom stereocenters. The Morgan fingerprint density at radius 3 is 3.00 bits per heavy atom. The van der Waals surface area contributed by atoms with Crippen LogP contribution < -0.4 is 5.32 Å². The van der Waals surface area contributed by atoms with Crippen LogP contribution in [0.5, 0.6) is 0 Å². The Hall–Kier alpha value is -2.05. The first-order valence-corrected chi connectivity index (χ1v) is 5.83. The van der Waals surface area contributed by atoms with E-state index in [-0.39, 0.29) is 6.03 Å². The van der Waals surface area contributed by atoms with E-state index < -0.39 is 12.0 Å². The van der Waals surface area contributed by atoms with E-state index in [4.69, 9.17) is 5.11 Å². The largest absolute Gasteiger partial charge is 0.480 e. The minimum atomic E-state index is -0.944. The maximum Gasteiger partial charge on any atom is 0.326 e. The maximum absolute atomic E-state index is 11.9. The summed E-state index contributed by atoms with van der Waals surface area (Å²) in [6, 6.07) is 0.762. The second kappa shape index (κ2) is 5.07. The SMILES string of the molecule is Cn1ccc(CNC(=O)N2CCC[C@H]2C(=O)O)n1. The number of likely N-dealkylation sites (tertiary alicyclic amines) is 1. The van der Waals surface area contributed by atoms with Crippen molar-refractivity contribution >= 4 is 12.0 Å². The Morgan fingerprint density at radius 1 is 1.61 bits per heavy atom. The number of amides is 2. The summed E-state index contributed by atoms with van der Waals surface area (Å²) in [5.41, 5.74) is 0.747. The normalized spacial score (nSPS) is 18.9. The summed E-state index contributed by atoms with van der Waals surface area (Å²) < 4.78 is 1.65. The molecule has 1 atom stereocenters. The molecule has 7 heteroatoms. The monoisotopic (exact) mass is 252 g/mol. The third-order valence-electron chi connectivity index (χ3n) is 2.99. The van der Waals surface area contributed by atoms with E-state index in [1.54, 1.807) is 24.0 Å². The van der Waals surface area contributed by atoms with Crippen molar-refractivity contribution in [2.75, 3.05) is 6.54 Å². The molecule has 1 aliphatic rings. The van der Waals surface area contributed by atoms with Gasteiger partial charge in [0, 0.05) is 19.8 Å². The van der Waals surface area contributed by atoms with Gasteiger partial charge in [0.05, 0.1) is 12.2 Å². The van der Waals surface area contributed by atoms with E-state index in [0.29, 0.717) is 19.5 Å². The van der Waals surface area contributed by atoms with E-state index in [1.165, 1.54) is 4.90 Å². The van der Waals surface area contributed by atoms with E-state index in [2.05, 4.69) is 10.4 Å². The van der Waals surface area contributed by atoms with Crippen molar-refractivity contribution in [2.45, 2.75) is 25.4 Å². The van der Waals surface area contributed by atoms with Gasteiger partial charge in [0.15, 0.2) is 0 Å². The topological polar surface area (TPSA) is 87.5 Å². The third kappa shape index (κ3) is 2.61. The minimum absolute atomic E-state index is 0.308. The van der Waals surface area contributed by atoms with Gasteiger partial charge in [0.1, 0.15) is 6.04 Å². The molecule has 2 amide bonds. The second-order valence-corrected chi connectivity index (χ2v) is 4.33. The highest BCUT2D eigenvalue weighted by molar-refractivity contribution is 5.83. The van der Waals surface area contributed by atoms with Crippen molar-refractivity contribution in [3.05, 3.63) is 18.0 Å². The number of nitrogens with zero attached hydrogens (tertiary/aromatic N) is 3. The summed E-state index contributed by atoms with van der Waals surface area (Å²) in [4.78, 5) is 24.2. The number of hydrogen-bond acceptors (Lipinski definition) is 3. The molecule has 0 aromatic carbocycles. The first-order chi connectivity index (χ1) is 8.58. The fourth-order valence-corrected chi connectivity index (χ4v) is 2.09. The van der Waals surface area contributed by atoms with Crippen LogP contribution in [0.25, 0.3) is 0 Å². The number of carbonyl (C=O) groups excluding carboxylic acids is 1. The zero-order chi connectivity index (χ0) is 13.1. The number of rotatable bonds is 3. The van der Waals surface area contributed by atoms with Gasteiger partial charge in [0.25, 0.3) is 0 Å². The zero-order valence-electron chi connectivity index (χ0n) is 10.2. The predicted molar refractivity (Wildman–Crippen MR) is 62.8 cm³/mol. The number of hydrogen-bond donors (Lipinski definition) is 2. The molecule has 2 rings (SSSR count). The number of aryl methyl sites for hydroxylation is 1. The van der Waals surface area contributed by atoms with Gasteiger partial charge in [-0.3, -0.25) is 4.68 Å². The molecule has 1 aliphatic heterocycles. The highest BCUT2D eigenvalue weighted by Gasteiger charge is 2.33. The quantitative estimate of drug-likeness (QED) is 0.803. The fraction of sp³-hybridized carbons (Fsp3) is 0.545. The summed E-state index contributed by atoms with van der Waals surface area (Å²) in [5.74, 6) is -0.944. The van der Waals surface area contributed by atoms with Crippen molar-refractivity contribution < 1.29 is 14.7 Å². The lowest BCUT2D eigenvalue weighted by Crippen LogP contribution is -2.45. The molecule has 2 heterocycles. The average molecular weight is 252 g/mol. The van der Waals surface area contributed by atoms with Crippen LogP contribution in [-0.4, -0.2) is 44.4 Å². The molecule has 98 valence electrons. The first kappa shape index (κ1) is 12.4. The molecule has 1 aromatic heterocycles. The van der Waals surface area contributed by atoms with Crippen molar-refractivity contribution in [3.8, 4) is 0 Å². The van der Waals surface area contributed by atoms with Crippen LogP contribution in [0.3, 0.4) is 0 Å². The van der Waals surface area contributed by atoms with Crippen LogP contribution >= 0.6 is 0 Å². The lowest BCUT2D eigenvalue weighted by molar-refractivity contribution is -0.141. The highest BCUT2D eigenvalue weighted by atomic mass is 16.4. The van der Waals surface area contributed by atoms with E-state index in [0.717, 1.165) is 12.1 Å². The van der Waals surface area contributed by atoms with Crippen molar-refractivity contribution in [1.82, 2.24) is 20.0 Å². The van der Waals surface area contributed by atoms with Crippen LogP contribution in [0, 0.1) is 0 Å².